The van der Waals surface area contributed by atoms with Gasteiger partial charge >= 0.3 is 0 Å². The summed E-state index contributed by atoms with van der Waals surface area (Å²) in [6.07, 6.45) is 4.06. The van der Waals surface area contributed by atoms with Gasteiger partial charge in [0.25, 0.3) is 5.92 Å². The van der Waals surface area contributed by atoms with Crippen LogP contribution in [0.3, 0.4) is 0 Å². The molecule has 0 atom stereocenters. The second-order valence-corrected chi connectivity index (χ2v) is 5.97. The summed E-state index contributed by atoms with van der Waals surface area (Å²) < 4.78 is 33.1. The van der Waals surface area contributed by atoms with Gasteiger partial charge in [-0.15, -0.1) is 0 Å². The van der Waals surface area contributed by atoms with Crippen molar-refractivity contribution in [2.75, 3.05) is 13.7 Å². The van der Waals surface area contributed by atoms with Crippen LogP contribution in [-0.4, -0.2) is 13.7 Å². The average molecular weight is 283 g/mol. The van der Waals surface area contributed by atoms with E-state index in [1.54, 1.807) is 0 Å². The summed E-state index contributed by atoms with van der Waals surface area (Å²) in [5.41, 5.74) is 7.44. The first kappa shape index (κ1) is 15.2. The second kappa shape index (κ2) is 5.32. The van der Waals surface area contributed by atoms with E-state index in [-0.39, 0.29) is 11.0 Å². The van der Waals surface area contributed by atoms with Gasteiger partial charge < -0.3 is 10.5 Å². The molecule has 0 saturated heterocycles. The highest BCUT2D eigenvalue weighted by molar-refractivity contribution is 5.50. The van der Waals surface area contributed by atoms with Gasteiger partial charge in [-0.1, -0.05) is 24.5 Å². The van der Waals surface area contributed by atoms with E-state index < -0.39 is 5.92 Å². The summed E-state index contributed by atoms with van der Waals surface area (Å²) in [6.45, 7) is 3.23. The van der Waals surface area contributed by atoms with E-state index in [1.807, 2.05) is 13.0 Å². The standard InChI is InChI=1S/C16H23F2NO/c1-11-8-12(15(2,17)18)14(20-3)13(9-11)16(10-19)6-4-5-7-16/h8-9H,4-7,10,19H2,1-3H3. The van der Waals surface area contributed by atoms with Crippen molar-refractivity contribution in [3.63, 3.8) is 0 Å². The molecule has 1 aliphatic rings. The first-order valence-electron chi connectivity index (χ1n) is 7.11. The Morgan fingerprint density at radius 2 is 1.90 bits per heavy atom. The second-order valence-electron chi connectivity index (χ2n) is 5.97. The molecule has 0 unspecified atom stereocenters. The number of aryl methyl sites for hydroxylation is 1. The molecule has 1 aromatic carbocycles. The van der Waals surface area contributed by atoms with Gasteiger partial charge in [0.2, 0.25) is 0 Å². The summed E-state index contributed by atoms with van der Waals surface area (Å²) in [7, 11) is 1.46. The summed E-state index contributed by atoms with van der Waals surface area (Å²) in [5, 5.41) is 0. The molecule has 1 saturated carbocycles. The van der Waals surface area contributed by atoms with Crippen LogP contribution < -0.4 is 10.5 Å². The molecule has 2 rings (SSSR count). The zero-order chi connectivity index (χ0) is 15.0. The predicted molar refractivity (Wildman–Crippen MR) is 76.5 cm³/mol. The normalized spacial score (nSPS) is 18.3. The lowest BCUT2D eigenvalue weighted by Crippen LogP contribution is -2.33. The number of methoxy groups -OCH3 is 1. The molecule has 2 nitrogen and oxygen atoms in total. The van der Waals surface area contributed by atoms with Crippen LogP contribution in [-0.2, 0) is 11.3 Å². The smallest absolute Gasteiger partial charge is 0.274 e. The number of nitrogens with two attached hydrogens (primary N) is 1. The quantitative estimate of drug-likeness (QED) is 0.910. The predicted octanol–water partition coefficient (Wildman–Crippen LogP) is 3.89. The third-order valence-electron chi connectivity index (χ3n) is 4.43. The molecule has 4 heteroatoms. The average Bonchev–Trinajstić information content (AvgIpc) is 2.86. The monoisotopic (exact) mass is 283 g/mol. The molecule has 0 heterocycles. The van der Waals surface area contributed by atoms with Gasteiger partial charge in [-0.05, 0) is 25.8 Å². The third-order valence-corrected chi connectivity index (χ3v) is 4.43. The van der Waals surface area contributed by atoms with Crippen LogP contribution in [0, 0.1) is 6.92 Å². The fourth-order valence-corrected chi connectivity index (χ4v) is 3.35. The van der Waals surface area contributed by atoms with E-state index in [0.29, 0.717) is 12.3 Å². The number of rotatable bonds is 4. The van der Waals surface area contributed by atoms with Crippen molar-refractivity contribution in [2.45, 2.75) is 50.9 Å². The van der Waals surface area contributed by atoms with E-state index in [9.17, 15) is 8.78 Å². The van der Waals surface area contributed by atoms with Crippen LogP contribution in [0.2, 0.25) is 0 Å². The van der Waals surface area contributed by atoms with Crippen molar-refractivity contribution in [1.29, 1.82) is 0 Å². The van der Waals surface area contributed by atoms with Crippen molar-refractivity contribution in [2.24, 2.45) is 5.73 Å². The van der Waals surface area contributed by atoms with Crippen molar-refractivity contribution < 1.29 is 13.5 Å². The fraction of sp³-hybridized carbons (Fsp3) is 0.625. The SMILES string of the molecule is COc1c(C(C)(F)F)cc(C)cc1C1(CN)CCCC1. The zero-order valence-electron chi connectivity index (χ0n) is 12.4. The molecule has 0 radical (unpaired) electrons. The maximum atomic E-state index is 13.9. The molecule has 0 aliphatic heterocycles. The van der Waals surface area contributed by atoms with Crippen LogP contribution in [0.1, 0.15) is 49.3 Å². The summed E-state index contributed by atoms with van der Waals surface area (Å²) in [6, 6.07) is 3.48. The topological polar surface area (TPSA) is 35.2 Å². The maximum Gasteiger partial charge on any atom is 0.274 e. The van der Waals surface area contributed by atoms with Crippen molar-refractivity contribution in [3.05, 3.63) is 28.8 Å². The molecule has 1 aliphatic carbocycles. The number of hydrogen-bond acceptors (Lipinski definition) is 2. The molecule has 0 aromatic heterocycles. The van der Waals surface area contributed by atoms with Crippen LogP contribution in [0.4, 0.5) is 8.78 Å². The number of halogens is 2. The van der Waals surface area contributed by atoms with E-state index in [2.05, 4.69) is 0 Å². The Balaban J connectivity index is 2.66. The van der Waals surface area contributed by atoms with E-state index in [4.69, 9.17) is 10.5 Å². The van der Waals surface area contributed by atoms with E-state index in [1.165, 1.54) is 13.2 Å². The Hall–Kier alpha value is -1.16. The van der Waals surface area contributed by atoms with Gasteiger partial charge in [0.15, 0.2) is 0 Å². The van der Waals surface area contributed by atoms with Gasteiger partial charge in [-0.2, -0.15) is 0 Å². The van der Waals surface area contributed by atoms with Gasteiger partial charge in [-0.25, -0.2) is 8.78 Å². The van der Waals surface area contributed by atoms with Crippen molar-refractivity contribution in [3.8, 4) is 5.75 Å². The Labute approximate surface area is 119 Å². The molecule has 0 bridgehead atoms. The fourth-order valence-electron chi connectivity index (χ4n) is 3.35. The molecule has 2 N–H and O–H groups in total. The zero-order valence-corrected chi connectivity index (χ0v) is 12.4. The van der Waals surface area contributed by atoms with Gasteiger partial charge in [0.05, 0.1) is 12.7 Å². The first-order chi connectivity index (χ1) is 9.34. The number of ether oxygens (including phenoxy) is 1. The van der Waals surface area contributed by atoms with Crippen LogP contribution in [0.15, 0.2) is 12.1 Å². The minimum atomic E-state index is -2.92. The molecule has 1 fully saturated rings. The Morgan fingerprint density at radius 3 is 2.35 bits per heavy atom. The van der Waals surface area contributed by atoms with Gasteiger partial charge in [0.1, 0.15) is 5.75 Å². The van der Waals surface area contributed by atoms with Gasteiger partial charge in [-0.3, -0.25) is 0 Å². The summed E-state index contributed by atoms with van der Waals surface area (Å²) in [5.74, 6) is -2.60. The summed E-state index contributed by atoms with van der Waals surface area (Å²) in [4.78, 5) is 0. The van der Waals surface area contributed by atoms with Crippen LogP contribution in [0.5, 0.6) is 5.75 Å². The molecule has 1 aromatic rings. The van der Waals surface area contributed by atoms with Crippen LogP contribution in [0.25, 0.3) is 0 Å². The molecule has 20 heavy (non-hydrogen) atoms. The van der Waals surface area contributed by atoms with Gasteiger partial charge in [0, 0.05) is 24.4 Å². The lowest BCUT2D eigenvalue weighted by Gasteiger charge is -2.31. The Bertz CT molecular complexity index is 488. The highest BCUT2D eigenvalue weighted by atomic mass is 19.3. The molecular formula is C16H23F2NO. The van der Waals surface area contributed by atoms with Crippen molar-refractivity contribution in [1.82, 2.24) is 0 Å². The number of hydrogen-bond donors (Lipinski definition) is 1. The largest absolute Gasteiger partial charge is 0.496 e. The van der Waals surface area contributed by atoms with E-state index >= 15 is 0 Å². The maximum absolute atomic E-state index is 13.9. The summed E-state index contributed by atoms with van der Waals surface area (Å²) >= 11 is 0. The number of alkyl halides is 2. The lowest BCUT2D eigenvalue weighted by atomic mass is 9.76. The highest BCUT2D eigenvalue weighted by Gasteiger charge is 2.40. The Kier molecular flexibility index (Phi) is 4.05. The first-order valence-corrected chi connectivity index (χ1v) is 7.11. The molecule has 112 valence electrons. The molecular weight excluding hydrogens is 260 g/mol. The third kappa shape index (κ3) is 2.53. The highest BCUT2D eigenvalue weighted by Crippen LogP contribution is 2.48. The minimum absolute atomic E-state index is 0.0327. The van der Waals surface area contributed by atoms with E-state index in [0.717, 1.165) is 43.7 Å². The van der Waals surface area contributed by atoms with Crippen LogP contribution >= 0.6 is 0 Å². The lowest BCUT2D eigenvalue weighted by molar-refractivity contribution is 0.0147. The Morgan fingerprint density at radius 1 is 1.30 bits per heavy atom. The van der Waals surface area contributed by atoms with Crippen molar-refractivity contribution >= 4 is 0 Å². The number of benzene rings is 1. The minimum Gasteiger partial charge on any atom is -0.496 e. The molecule has 0 spiro atoms. The molecule has 0 amide bonds.